The van der Waals surface area contributed by atoms with Crippen LogP contribution in [0.15, 0.2) is 12.4 Å². The Morgan fingerprint density at radius 2 is 1.00 bits per heavy atom. The predicted molar refractivity (Wildman–Crippen MR) is 396 cm³/mol. The maximum Gasteiger partial charge on any atom is 0.416 e. The third-order valence-electron chi connectivity index (χ3n) is 18.9. The van der Waals surface area contributed by atoms with Gasteiger partial charge in [0.2, 0.25) is 15.9 Å². The molecule has 10 rings (SSSR count). The van der Waals surface area contributed by atoms with Crippen LogP contribution in [-0.2, 0) is 75.5 Å². The number of ether oxygens (including phenoxy) is 13. The van der Waals surface area contributed by atoms with E-state index in [0.717, 1.165) is 63.5 Å². The second kappa shape index (κ2) is 32.0. The van der Waals surface area contributed by atoms with Gasteiger partial charge >= 0.3 is 18.2 Å². The van der Waals surface area contributed by atoms with E-state index in [1.54, 1.807) is 65.7 Å². The summed E-state index contributed by atoms with van der Waals surface area (Å²) in [6, 6.07) is 1.51. The molecule has 35 heteroatoms. The fourth-order valence-corrected chi connectivity index (χ4v) is 17.7. The van der Waals surface area contributed by atoms with Gasteiger partial charge in [0, 0.05) is 41.4 Å². The van der Waals surface area contributed by atoms with E-state index in [1.807, 2.05) is 55.4 Å². The number of hydrogen-bond donors (Lipinski definition) is 1. The minimum Gasteiger partial charge on any atom is -0.463 e. The SMILES string of the molecule is CC(C)(C)OC(=O)N(c1nc(Cl)nc2c1cnn2[C@@H]1O[C@H](COC(CO)(COCC[Si](C)(C)C)P(C)(C)=O)[C@H]2OC(C)(C)O[C@H]21)C1CCCC1.CCOC(=O)C(COCC[Si](C)(C)C)(OC[C@H]1O[C@@H](n2ncc3c(N(C(=O)OC(C)(C)C)C4CCCC4)nc(Cl)nc32)[C@@H]2OC(C)(C)O[C@@H]21)P(C)(C)=O. The first kappa shape index (κ1) is 83.2. The third-order valence-corrected chi connectivity index (χ3v) is 27.2. The second-order valence-corrected chi connectivity index (χ2v) is 52.6. The summed E-state index contributed by atoms with van der Waals surface area (Å²) in [4.78, 5) is 62.2. The number of amides is 2. The minimum atomic E-state index is -3.36. The molecule has 580 valence electrons. The highest BCUT2D eigenvalue weighted by atomic mass is 35.5. The lowest BCUT2D eigenvalue weighted by Gasteiger charge is -2.36. The molecular weight excluding hydrogens is 1450 g/mol. The van der Waals surface area contributed by atoms with Gasteiger partial charge in [0.15, 0.2) is 52.3 Å². The molecule has 0 radical (unpaired) electrons. The molecule has 8 heterocycles. The van der Waals surface area contributed by atoms with Gasteiger partial charge in [-0.05, 0) is 164 Å². The van der Waals surface area contributed by atoms with Crippen LogP contribution in [0.5, 0.6) is 0 Å². The van der Waals surface area contributed by atoms with Crippen molar-refractivity contribution in [1.82, 2.24) is 39.5 Å². The number of aliphatic hydroxyl groups is 1. The molecule has 0 spiro atoms. The van der Waals surface area contributed by atoms with Crippen LogP contribution in [0.4, 0.5) is 21.2 Å². The average molecular weight is 1560 g/mol. The van der Waals surface area contributed by atoms with Gasteiger partial charge in [-0.3, -0.25) is 9.80 Å². The van der Waals surface area contributed by atoms with Gasteiger partial charge in [-0.2, -0.15) is 30.1 Å². The highest BCUT2D eigenvalue weighted by Crippen LogP contribution is 2.56. The van der Waals surface area contributed by atoms with Gasteiger partial charge in [0.05, 0.1) is 62.8 Å². The van der Waals surface area contributed by atoms with E-state index in [-0.39, 0.29) is 55.7 Å². The number of nitrogens with zero attached hydrogens (tertiary/aromatic N) is 10. The first-order chi connectivity index (χ1) is 47.7. The number of anilines is 2. The van der Waals surface area contributed by atoms with Crippen molar-refractivity contribution in [2.24, 2.45) is 0 Å². The van der Waals surface area contributed by atoms with Crippen molar-refractivity contribution in [3.63, 3.8) is 0 Å². The van der Waals surface area contributed by atoms with Gasteiger partial charge in [0.1, 0.15) is 62.1 Å². The molecule has 10 atom stereocenters. The van der Waals surface area contributed by atoms with Crippen LogP contribution < -0.4 is 9.80 Å². The average Bonchev–Trinajstić information content (AvgIpc) is 1.59. The van der Waals surface area contributed by atoms with Crippen molar-refractivity contribution in [3.05, 3.63) is 23.0 Å². The summed E-state index contributed by atoms with van der Waals surface area (Å²) in [6.07, 6.45) is 3.35. The number of fused-ring (bicyclic) bond motifs is 4. The van der Waals surface area contributed by atoms with E-state index in [0.29, 0.717) is 46.9 Å². The molecule has 4 saturated heterocycles. The van der Waals surface area contributed by atoms with Crippen molar-refractivity contribution in [3.8, 4) is 0 Å². The molecule has 2 unspecified atom stereocenters. The van der Waals surface area contributed by atoms with Crippen molar-refractivity contribution >= 4 is 105 Å². The second-order valence-electron chi connectivity index (χ2n) is 33.8. The molecule has 2 amide bonds. The van der Waals surface area contributed by atoms with Gasteiger partial charge in [-0.15, -0.1) is 0 Å². The number of aliphatic hydroxyl groups excluding tert-OH is 1. The van der Waals surface area contributed by atoms with Crippen LogP contribution in [0.2, 0.25) is 61.9 Å². The number of aromatic nitrogens is 8. The lowest BCUT2D eigenvalue weighted by molar-refractivity contribution is -0.209. The Morgan fingerprint density at radius 1 is 0.612 bits per heavy atom. The van der Waals surface area contributed by atoms with Crippen LogP contribution in [0.1, 0.15) is 140 Å². The highest BCUT2D eigenvalue weighted by molar-refractivity contribution is 7.65. The van der Waals surface area contributed by atoms with E-state index in [2.05, 4.69) is 69.4 Å². The van der Waals surface area contributed by atoms with Crippen molar-refractivity contribution < 1.29 is 90.2 Å². The topological polar surface area (TPSA) is 319 Å². The summed E-state index contributed by atoms with van der Waals surface area (Å²) < 4.78 is 111. The Hall–Kier alpha value is -3.86. The quantitative estimate of drug-likeness (QED) is 0.0145. The molecule has 4 aromatic rings. The Bertz CT molecular complexity index is 3730. The zero-order chi connectivity index (χ0) is 76.0. The molecule has 6 fully saturated rings. The zero-order valence-corrected chi connectivity index (χ0v) is 69.4. The van der Waals surface area contributed by atoms with Crippen molar-refractivity contribution in [2.75, 3.05) is 89.3 Å². The molecule has 103 heavy (non-hydrogen) atoms. The molecule has 6 aliphatic rings. The van der Waals surface area contributed by atoms with Crippen LogP contribution in [0.25, 0.3) is 22.1 Å². The molecule has 4 aromatic heterocycles. The smallest absolute Gasteiger partial charge is 0.416 e. The van der Waals surface area contributed by atoms with Gasteiger partial charge in [0.25, 0.3) is 0 Å². The summed E-state index contributed by atoms with van der Waals surface area (Å²) in [5, 5.41) is 17.4. The maximum absolute atomic E-state index is 13.9. The van der Waals surface area contributed by atoms with E-state index < -0.39 is 138 Å². The van der Waals surface area contributed by atoms with Crippen LogP contribution >= 0.6 is 37.5 Å². The molecule has 1 N–H and O–H groups in total. The Kier molecular flexibility index (Phi) is 25.8. The monoisotopic (exact) mass is 1560 g/mol. The third kappa shape index (κ3) is 19.8. The van der Waals surface area contributed by atoms with E-state index in [1.165, 1.54) is 13.3 Å². The normalized spacial score (nSPS) is 25.1. The molecular formula is C68H112Cl2N10O19P2Si2. The standard InChI is InChI=1S/C35H57ClN5O10PSi.C33H55ClN5O9PSi/c1-12-46-30(42)35(52(7,8)44,21-45-17-18-53(9,10)11)47-20-24-25-26(50-34(5,6)49-25)29(48-24)41-28-23(19-37-41)27(38-31(36)39-28)40(22-15-13-14-16-22)32(43)51-33(2,3)4;1-31(2,3)48-30(41)38(21-13-11-12-14-21)26-22-17-35-39(27(22)37-29(34)36-26)28-25-24(46-32(4,5)47-25)23(45-28)18-44-33(19-40,49(6,7)42)20-43-15-16-50(8,9)10/h19,22,24-26,29H,12-18,20-21H2,1-11H3;17,21,23-25,28,40H,11-16,18-20H2,1-10H3/t24-,25-,26-,29-,35?;23-,24-,25-,28-,33?/m11/s1. The fraction of sp³-hybridized carbons (Fsp3) is 0.809. The number of rotatable bonds is 27. The molecule has 29 nitrogen and oxygen atoms in total. The summed E-state index contributed by atoms with van der Waals surface area (Å²) in [5.41, 5.74) is -0.800. The molecule has 0 aromatic carbocycles. The lowest BCUT2D eigenvalue weighted by atomic mass is 10.1. The molecule has 0 bridgehead atoms. The lowest BCUT2D eigenvalue weighted by Crippen LogP contribution is -2.49. The molecule has 4 aliphatic heterocycles. The summed E-state index contributed by atoms with van der Waals surface area (Å²) in [6.45, 7) is 39.3. The summed E-state index contributed by atoms with van der Waals surface area (Å²) in [5.74, 6) is -2.11. The van der Waals surface area contributed by atoms with Gasteiger partial charge in [-0.1, -0.05) is 65.0 Å². The van der Waals surface area contributed by atoms with Crippen LogP contribution in [0, 0.1) is 0 Å². The summed E-state index contributed by atoms with van der Waals surface area (Å²) in [7, 11) is -9.23. The number of esters is 1. The van der Waals surface area contributed by atoms with E-state index in [9.17, 15) is 28.6 Å². The van der Waals surface area contributed by atoms with Gasteiger partial charge < -0.3 is 75.8 Å². The molecule has 2 saturated carbocycles. The Morgan fingerprint density at radius 3 is 1.36 bits per heavy atom. The van der Waals surface area contributed by atoms with Gasteiger partial charge in [-0.25, -0.2) is 23.7 Å². The van der Waals surface area contributed by atoms with Crippen LogP contribution in [0.3, 0.4) is 0 Å². The largest absolute Gasteiger partial charge is 0.463 e. The first-order valence-corrected chi connectivity index (χ1v) is 49.3. The summed E-state index contributed by atoms with van der Waals surface area (Å²) >= 11 is 13.1. The predicted octanol–water partition coefficient (Wildman–Crippen LogP) is 13.1. The Balaban J connectivity index is 0.000000240. The number of carbonyl (C=O) groups is 3. The number of carbonyl (C=O) groups excluding carboxylic acids is 3. The maximum atomic E-state index is 13.9. The van der Waals surface area contributed by atoms with Crippen molar-refractivity contribution in [1.29, 1.82) is 0 Å². The number of halogens is 2. The highest BCUT2D eigenvalue weighted by Gasteiger charge is 2.61. The number of hydrogen-bond acceptors (Lipinski definition) is 25. The van der Waals surface area contributed by atoms with Crippen LogP contribution in [-0.4, -0.2) is 241 Å². The fourth-order valence-electron chi connectivity index (χ4n) is 13.5. The van der Waals surface area contributed by atoms with E-state index >= 15 is 0 Å². The zero-order valence-electron chi connectivity index (χ0n) is 64.1. The molecule has 2 aliphatic carbocycles. The van der Waals surface area contributed by atoms with Crippen molar-refractivity contribution in [2.45, 2.75) is 274 Å². The van der Waals surface area contributed by atoms with E-state index in [4.69, 9.17) is 84.8 Å². The Labute approximate surface area is 617 Å². The minimum absolute atomic E-state index is 0.0253. The first-order valence-electron chi connectivity index (χ1n) is 35.9.